The topological polar surface area (TPSA) is 117 Å². The summed E-state index contributed by atoms with van der Waals surface area (Å²) in [7, 11) is 0. The molecule has 0 bridgehead atoms. The van der Waals surface area contributed by atoms with E-state index in [1.54, 1.807) is 0 Å². The van der Waals surface area contributed by atoms with E-state index in [2.05, 4.69) is 49.7 Å². The van der Waals surface area contributed by atoms with Crippen molar-refractivity contribution >= 4 is 28.4 Å². The maximum absolute atomic E-state index is 13.1. The number of carbonyl (C=O) groups excluding carboxylic acids is 1. The van der Waals surface area contributed by atoms with Crippen LogP contribution < -0.4 is 10.2 Å². The highest BCUT2D eigenvalue weighted by Gasteiger charge is 2.29. The van der Waals surface area contributed by atoms with Crippen molar-refractivity contribution < 1.29 is 4.79 Å². The average molecular weight is 434 g/mol. The van der Waals surface area contributed by atoms with E-state index in [1.807, 2.05) is 36.4 Å². The number of aromatic amines is 1. The molecule has 1 aliphatic heterocycles. The molecule has 1 atom stereocenters. The lowest BCUT2D eigenvalue weighted by molar-refractivity contribution is -0.126. The Kier molecular flexibility index (Phi) is 5.42. The van der Waals surface area contributed by atoms with Crippen molar-refractivity contribution in [1.82, 2.24) is 40.5 Å². The molecule has 0 spiro atoms. The fourth-order valence-electron chi connectivity index (χ4n) is 4.32. The zero-order chi connectivity index (χ0) is 22.1. The molecular weight excluding hydrogens is 406 g/mol. The van der Waals surface area contributed by atoms with E-state index >= 15 is 0 Å². The number of H-pyrrole nitrogens is 1. The van der Waals surface area contributed by atoms with Gasteiger partial charge in [0.15, 0.2) is 11.5 Å². The molecular formula is C22H27N9O. The number of nitrogens with zero attached hydrogens (tertiary/aromatic N) is 7. The normalized spacial score (nSPS) is 16.2. The highest BCUT2D eigenvalue weighted by molar-refractivity contribution is 5.80. The Hall–Kier alpha value is -3.56. The van der Waals surface area contributed by atoms with E-state index < -0.39 is 0 Å². The van der Waals surface area contributed by atoms with Crippen molar-refractivity contribution in [2.45, 2.75) is 39.2 Å². The van der Waals surface area contributed by atoms with Crippen LogP contribution in [-0.4, -0.2) is 54.2 Å². The van der Waals surface area contributed by atoms with Crippen molar-refractivity contribution in [3.63, 3.8) is 0 Å². The molecule has 1 aliphatic rings. The maximum atomic E-state index is 13.1. The second-order valence-corrected chi connectivity index (χ2v) is 8.81. The molecule has 2 N–H and O–H groups in total. The third-order valence-electron chi connectivity index (χ3n) is 6.01. The fraction of sp³-hybridized carbons (Fsp3) is 0.455. The lowest BCUT2D eigenvalue weighted by Crippen LogP contribution is -2.42. The number of fused-ring (bicyclic) bond motifs is 2. The predicted molar refractivity (Wildman–Crippen MR) is 120 cm³/mol. The Bertz CT molecular complexity index is 1190. The van der Waals surface area contributed by atoms with Gasteiger partial charge in [-0.1, -0.05) is 26.0 Å². The van der Waals surface area contributed by atoms with Crippen LogP contribution in [0.1, 0.15) is 45.0 Å². The first-order valence-electron chi connectivity index (χ1n) is 11.1. The van der Waals surface area contributed by atoms with Crippen molar-refractivity contribution in [2.75, 3.05) is 18.0 Å². The summed E-state index contributed by atoms with van der Waals surface area (Å²) in [6.45, 7) is 5.85. The molecule has 1 unspecified atom stereocenters. The zero-order valence-corrected chi connectivity index (χ0v) is 18.3. The summed E-state index contributed by atoms with van der Waals surface area (Å²) in [5, 5.41) is 19.1. The Morgan fingerprint density at radius 2 is 2.00 bits per heavy atom. The number of benzene rings is 1. The van der Waals surface area contributed by atoms with Gasteiger partial charge in [0.2, 0.25) is 5.91 Å². The number of amides is 1. The summed E-state index contributed by atoms with van der Waals surface area (Å²) >= 11 is 0. The van der Waals surface area contributed by atoms with Gasteiger partial charge in [-0.25, -0.2) is 4.98 Å². The highest BCUT2D eigenvalue weighted by atomic mass is 16.2. The first-order valence-corrected chi connectivity index (χ1v) is 11.1. The molecule has 1 fully saturated rings. The molecule has 10 heteroatoms. The van der Waals surface area contributed by atoms with E-state index in [9.17, 15) is 4.79 Å². The SMILES string of the molecule is CC(C)CC(NC(=O)C1CCN(c2ccc3nnnn3n2)CC1)c1nc2ccccc2[nH]1. The molecule has 166 valence electrons. The molecule has 4 heterocycles. The minimum absolute atomic E-state index is 0.0259. The van der Waals surface area contributed by atoms with Crippen molar-refractivity contribution in [2.24, 2.45) is 11.8 Å². The van der Waals surface area contributed by atoms with Crippen LogP contribution in [0.4, 0.5) is 5.82 Å². The number of aromatic nitrogens is 7. The van der Waals surface area contributed by atoms with E-state index in [0.29, 0.717) is 11.6 Å². The summed E-state index contributed by atoms with van der Waals surface area (Å²) in [5.41, 5.74) is 2.53. The molecule has 1 amide bonds. The minimum atomic E-state index is -0.128. The van der Waals surface area contributed by atoms with Gasteiger partial charge in [0.1, 0.15) is 5.82 Å². The summed E-state index contributed by atoms with van der Waals surface area (Å²) < 4.78 is 1.43. The smallest absolute Gasteiger partial charge is 0.223 e. The van der Waals surface area contributed by atoms with Crippen LogP contribution in [0, 0.1) is 11.8 Å². The molecule has 1 aromatic carbocycles. The molecule has 0 saturated carbocycles. The Balaban J connectivity index is 1.25. The summed E-state index contributed by atoms with van der Waals surface area (Å²) in [6.07, 6.45) is 2.38. The summed E-state index contributed by atoms with van der Waals surface area (Å²) in [4.78, 5) is 23.4. The third-order valence-corrected chi connectivity index (χ3v) is 6.01. The highest BCUT2D eigenvalue weighted by Crippen LogP contribution is 2.26. The van der Waals surface area contributed by atoms with E-state index in [-0.39, 0.29) is 17.9 Å². The number of nitrogens with one attached hydrogen (secondary N) is 2. The lowest BCUT2D eigenvalue weighted by atomic mass is 9.94. The predicted octanol–water partition coefficient (Wildman–Crippen LogP) is 2.52. The molecule has 3 aromatic heterocycles. The van der Waals surface area contributed by atoms with Gasteiger partial charge < -0.3 is 15.2 Å². The van der Waals surface area contributed by atoms with Crippen LogP contribution in [0.15, 0.2) is 36.4 Å². The second kappa shape index (κ2) is 8.52. The first kappa shape index (κ1) is 20.3. The van der Waals surface area contributed by atoms with Crippen LogP contribution in [-0.2, 0) is 4.79 Å². The number of piperidine rings is 1. The molecule has 1 saturated heterocycles. The lowest BCUT2D eigenvalue weighted by Gasteiger charge is -2.32. The van der Waals surface area contributed by atoms with Crippen LogP contribution in [0.2, 0.25) is 0 Å². The van der Waals surface area contributed by atoms with Gasteiger partial charge in [-0.2, -0.15) is 0 Å². The fourth-order valence-corrected chi connectivity index (χ4v) is 4.32. The average Bonchev–Trinajstić information content (AvgIpc) is 3.44. The zero-order valence-electron chi connectivity index (χ0n) is 18.3. The van der Waals surface area contributed by atoms with Crippen LogP contribution in [0.3, 0.4) is 0 Å². The van der Waals surface area contributed by atoms with E-state index in [0.717, 1.165) is 55.0 Å². The van der Waals surface area contributed by atoms with Gasteiger partial charge in [-0.3, -0.25) is 4.79 Å². The second-order valence-electron chi connectivity index (χ2n) is 8.81. The Morgan fingerprint density at radius 3 is 2.78 bits per heavy atom. The number of tetrazole rings is 1. The van der Waals surface area contributed by atoms with Gasteiger partial charge in [-0.15, -0.1) is 14.8 Å². The van der Waals surface area contributed by atoms with Crippen LogP contribution in [0.5, 0.6) is 0 Å². The van der Waals surface area contributed by atoms with Gasteiger partial charge >= 0.3 is 0 Å². The quantitative estimate of drug-likeness (QED) is 0.480. The molecule has 0 aliphatic carbocycles. The van der Waals surface area contributed by atoms with Crippen LogP contribution >= 0.6 is 0 Å². The van der Waals surface area contributed by atoms with Crippen LogP contribution in [0.25, 0.3) is 16.7 Å². The van der Waals surface area contributed by atoms with E-state index in [4.69, 9.17) is 4.98 Å². The number of hydrogen-bond donors (Lipinski definition) is 2. The van der Waals surface area contributed by atoms with Crippen molar-refractivity contribution in [3.8, 4) is 0 Å². The Morgan fingerprint density at radius 1 is 1.19 bits per heavy atom. The maximum Gasteiger partial charge on any atom is 0.223 e. The molecule has 4 aromatic rings. The number of rotatable bonds is 6. The third kappa shape index (κ3) is 4.12. The molecule has 5 rings (SSSR count). The summed E-state index contributed by atoms with van der Waals surface area (Å²) in [5.74, 6) is 2.15. The number of hydrogen-bond acceptors (Lipinski definition) is 7. The van der Waals surface area contributed by atoms with Gasteiger partial charge in [0.25, 0.3) is 0 Å². The Labute approximate surface area is 185 Å². The van der Waals surface area contributed by atoms with E-state index in [1.165, 1.54) is 4.63 Å². The van der Waals surface area contributed by atoms with Gasteiger partial charge in [0, 0.05) is 19.0 Å². The minimum Gasteiger partial charge on any atom is -0.355 e. The number of para-hydroxylation sites is 2. The van der Waals surface area contributed by atoms with Gasteiger partial charge in [-0.05, 0) is 59.9 Å². The first-order chi connectivity index (χ1) is 15.6. The summed E-state index contributed by atoms with van der Waals surface area (Å²) in [6, 6.07) is 11.6. The number of anilines is 1. The monoisotopic (exact) mass is 433 g/mol. The molecule has 0 radical (unpaired) electrons. The van der Waals surface area contributed by atoms with Crippen molar-refractivity contribution in [1.29, 1.82) is 0 Å². The molecule has 32 heavy (non-hydrogen) atoms. The number of imidazole rings is 1. The largest absolute Gasteiger partial charge is 0.355 e. The molecule has 10 nitrogen and oxygen atoms in total. The number of carbonyl (C=O) groups is 1. The standard InChI is InChI=1S/C22H27N9O/c1-14(2)13-18(21-23-16-5-3-4-6-17(16)24-21)25-22(32)15-9-11-30(12-10-15)20-8-7-19-26-28-29-31(19)27-20/h3-8,14-15,18H,9-13H2,1-2H3,(H,23,24)(H,25,32). The van der Waals surface area contributed by atoms with Crippen molar-refractivity contribution in [3.05, 3.63) is 42.2 Å². The van der Waals surface area contributed by atoms with Gasteiger partial charge in [0.05, 0.1) is 17.1 Å².